The first-order valence-electron chi connectivity index (χ1n) is 9.06. The van der Waals surface area contributed by atoms with Crippen LogP contribution in [0.3, 0.4) is 0 Å². The highest BCUT2D eigenvalue weighted by Gasteiger charge is 2.30. The molecule has 1 fully saturated rings. The maximum atomic E-state index is 13.0. The maximum absolute atomic E-state index is 13.0. The number of amides is 1. The number of carbonyl (C=O) groups excluding carboxylic acids is 1. The summed E-state index contributed by atoms with van der Waals surface area (Å²) in [5.74, 6) is 1.28. The third kappa shape index (κ3) is 3.13. The number of nitrogens with zero attached hydrogens (tertiary/aromatic N) is 3. The summed E-state index contributed by atoms with van der Waals surface area (Å²) in [4.78, 5) is 19.1. The van der Waals surface area contributed by atoms with Crippen molar-refractivity contribution in [1.29, 1.82) is 0 Å². The molecule has 1 aliphatic carbocycles. The van der Waals surface area contributed by atoms with Crippen molar-refractivity contribution in [3.63, 3.8) is 0 Å². The van der Waals surface area contributed by atoms with Crippen molar-refractivity contribution < 1.29 is 14.4 Å². The van der Waals surface area contributed by atoms with Gasteiger partial charge in [-0.2, -0.15) is 4.98 Å². The summed E-state index contributed by atoms with van der Waals surface area (Å²) in [6.45, 7) is 3.04. The Labute approximate surface area is 146 Å². The van der Waals surface area contributed by atoms with Crippen molar-refractivity contribution in [2.45, 2.75) is 51.4 Å². The smallest absolute Gasteiger partial charge is 0.257 e. The van der Waals surface area contributed by atoms with Gasteiger partial charge in [0.25, 0.3) is 5.91 Å². The van der Waals surface area contributed by atoms with Crippen LogP contribution < -0.4 is 0 Å². The van der Waals surface area contributed by atoms with Gasteiger partial charge in [0.1, 0.15) is 5.75 Å². The fraction of sp³-hybridized carbons (Fsp3) is 0.526. The minimum atomic E-state index is -0.105. The first-order chi connectivity index (χ1) is 12.1. The third-order valence-corrected chi connectivity index (χ3v) is 5.29. The SMILES string of the molecule is Cc1noc([C@@H]2CCCN(C(=O)c3cc4c(cc3O)CCCC4)C2)n1. The lowest BCUT2D eigenvalue weighted by atomic mass is 9.89. The zero-order valence-electron chi connectivity index (χ0n) is 14.5. The maximum Gasteiger partial charge on any atom is 0.257 e. The molecule has 2 heterocycles. The summed E-state index contributed by atoms with van der Waals surface area (Å²) < 4.78 is 5.29. The molecule has 1 aliphatic heterocycles. The van der Waals surface area contributed by atoms with E-state index in [9.17, 15) is 9.90 Å². The molecule has 2 aromatic rings. The van der Waals surface area contributed by atoms with Crippen LogP contribution in [0.4, 0.5) is 0 Å². The molecule has 2 aliphatic rings. The van der Waals surface area contributed by atoms with Crippen LogP contribution in [0.2, 0.25) is 0 Å². The van der Waals surface area contributed by atoms with Gasteiger partial charge >= 0.3 is 0 Å². The van der Waals surface area contributed by atoms with E-state index in [4.69, 9.17) is 4.52 Å². The second-order valence-corrected chi connectivity index (χ2v) is 7.12. The molecule has 6 heteroatoms. The van der Waals surface area contributed by atoms with Crippen molar-refractivity contribution in [3.05, 3.63) is 40.5 Å². The predicted octanol–water partition coefficient (Wildman–Crippen LogP) is 2.98. The molecule has 1 atom stereocenters. The van der Waals surface area contributed by atoms with Gasteiger partial charge in [-0.25, -0.2) is 0 Å². The Balaban J connectivity index is 1.56. The Kier molecular flexibility index (Phi) is 4.19. The number of hydrogen-bond donors (Lipinski definition) is 1. The van der Waals surface area contributed by atoms with Gasteiger partial charge < -0.3 is 14.5 Å². The third-order valence-electron chi connectivity index (χ3n) is 5.29. The van der Waals surface area contributed by atoms with Crippen LogP contribution in [0.25, 0.3) is 0 Å². The number of aromatic hydroxyl groups is 1. The Morgan fingerprint density at radius 3 is 2.72 bits per heavy atom. The molecule has 0 saturated carbocycles. The van der Waals surface area contributed by atoms with Crippen LogP contribution in [-0.4, -0.2) is 39.1 Å². The average Bonchev–Trinajstić information content (AvgIpc) is 3.07. The molecule has 1 aromatic heterocycles. The topological polar surface area (TPSA) is 79.5 Å². The number of phenols is 1. The van der Waals surface area contributed by atoms with E-state index < -0.39 is 0 Å². The van der Waals surface area contributed by atoms with Crippen LogP contribution in [-0.2, 0) is 12.8 Å². The number of fused-ring (bicyclic) bond motifs is 1. The molecule has 0 unspecified atom stereocenters. The number of rotatable bonds is 2. The van der Waals surface area contributed by atoms with E-state index in [1.165, 1.54) is 11.1 Å². The zero-order valence-corrected chi connectivity index (χ0v) is 14.5. The molecule has 1 saturated heterocycles. The minimum Gasteiger partial charge on any atom is -0.507 e. The number of hydrogen-bond acceptors (Lipinski definition) is 5. The molecule has 1 amide bonds. The molecule has 0 bridgehead atoms. The number of aromatic nitrogens is 2. The highest BCUT2D eigenvalue weighted by molar-refractivity contribution is 5.97. The Bertz CT molecular complexity index is 799. The largest absolute Gasteiger partial charge is 0.507 e. The zero-order chi connectivity index (χ0) is 17.4. The number of aryl methyl sites for hydroxylation is 3. The monoisotopic (exact) mass is 341 g/mol. The van der Waals surface area contributed by atoms with E-state index >= 15 is 0 Å². The van der Waals surface area contributed by atoms with Gasteiger partial charge in [0.2, 0.25) is 5.89 Å². The highest BCUT2D eigenvalue weighted by Crippen LogP contribution is 2.31. The number of piperidine rings is 1. The lowest BCUT2D eigenvalue weighted by Gasteiger charge is -2.31. The Morgan fingerprint density at radius 1 is 1.24 bits per heavy atom. The number of carbonyl (C=O) groups is 1. The lowest BCUT2D eigenvalue weighted by Crippen LogP contribution is -2.39. The van der Waals surface area contributed by atoms with E-state index in [1.54, 1.807) is 17.9 Å². The summed E-state index contributed by atoms with van der Waals surface area (Å²) in [5, 5.41) is 14.2. The molecule has 4 rings (SSSR count). The summed E-state index contributed by atoms with van der Waals surface area (Å²) >= 11 is 0. The molecular weight excluding hydrogens is 318 g/mol. The lowest BCUT2D eigenvalue weighted by molar-refractivity contribution is 0.0692. The highest BCUT2D eigenvalue weighted by atomic mass is 16.5. The van der Waals surface area contributed by atoms with E-state index in [0.717, 1.165) is 38.5 Å². The first-order valence-corrected chi connectivity index (χ1v) is 9.06. The Hall–Kier alpha value is -2.37. The number of benzene rings is 1. The second kappa shape index (κ2) is 6.50. The van der Waals surface area contributed by atoms with Gasteiger partial charge in [-0.15, -0.1) is 0 Å². The predicted molar refractivity (Wildman–Crippen MR) is 91.7 cm³/mol. The first kappa shape index (κ1) is 16.1. The summed E-state index contributed by atoms with van der Waals surface area (Å²) in [6, 6.07) is 3.68. The van der Waals surface area contributed by atoms with Crippen molar-refractivity contribution in [3.8, 4) is 5.75 Å². The molecule has 0 spiro atoms. The minimum absolute atomic E-state index is 0.0682. The van der Waals surface area contributed by atoms with Crippen LogP contribution in [0.5, 0.6) is 5.75 Å². The van der Waals surface area contributed by atoms with Crippen molar-refractivity contribution in [1.82, 2.24) is 15.0 Å². The van der Waals surface area contributed by atoms with Crippen molar-refractivity contribution in [2.75, 3.05) is 13.1 Å². The van der Waals surface area contributed by atoms with Crippen LogP contribution in [0.1, 0.15) is 64.8 Å². The molecular formula is C19H23N3O3. The van der Waals surface area contributed by atoms with Gasteiger partial charge in [0.15, 0.2) is 5.82 Å². The molecule has 1 aromatic carbocycles. The van der Waals surface area contributed by atoms with Crippen LogP contribution >= 0.6 is 0 Å². The van der Waals surface area contributed by atoms with Crippen LogP contribution in [0, 0.1) is 6.92 Å². The number of likely N-dealkylation sites (tertiary alicyclic amines) is 1. The molecule has 1 N–H and O–H groups in total. The van der Waals surface area contributed by atoms with E-state index in [-0.39, 0.29) is 17.6 Å². The van der Waals surface area contributed by atoms with Gasteiger partial charge in [0.05, 0.1) is 11.5 Å². The summed E-state index contributed by atoms with van der Waals surface area (Å²) in [5.41, 5.74) is 2.80. The van der Waals surface area contributed by atoms with Crippen LogP contribution in [0.15, 0.2) is 16.7 Å². The standard InChI is InChI=1S/C19H23N3O3/c1-12-20-18(25-21-12)15-7-4-8-22(11-15)19(24)16-9-13-5-2-3-6-14(13)10-17(16)23/h9-10,15,23H,2-8,11H2,1H3/t15-/m1/s1. The van der Waals surface area contributed by atoms with Crippen molar-refractivity contribution in [2.24, 2.45) is 0 Å². The van der Waals surface area contributed by atoms with Gasteiger partial charge in [0, 0.05) is 13.1 Å². The van der Waals surface area contributed by atoms with E-state index in [0.29, 0.717) is 30.4 Å². The number of phenolic OH excluding ortho intramolecular Hbond substituents is 1. The normalized spacial score (nSPS) is 20.4. The summed E-state index contributed by atoms with van der Waals surface area (Å²) in [6.07, 6.45) is 6.09. The fourth-order valence-corrected chi connectivity index (χ4v) is 3.96. The average molecular weight is 341 g/mol. The Morgan fingerprint density at radius 2 is 2.00 bits per heavy atom. The quantitative estimate of drug-likeness (QED) is 0.908. The van der Waals surface area contributed by atoms with Gasteiger partial charge in [-0.1, -0.05) is 5.16 Å². The molecule has 6 nitrogen and oxygen atoms in total. The second-order valence-electron chi connectivity index (χ2n) is 7.12. The summed E-state index contributed by atoms with van der Waals surface area (Å²) in [7, 11) is 0. The van der Waals surface area contributed by atoms with Gasteiger partial charge in [-0.3, -0.25) is 4.79 Å². The fourth-order valence-electron chi connectivity index (χ4n) is 3.96. The molecule has 0 radical (unpaired) electrons. The van der Waals surface area contributed by atoms with E-state index in [1.807, 2.05) is 6.07 Å². The van der Waals surface area contributed by atoms with Gasteiger partial charge in [-0.05, 0) is 68.7 Å². The molecule has 25 heavy (non-hydrogen) atoms. The molecule has 132 valence electrons. The van der Waals surface area contributed by atoms with Crippen molar-refractivity contribution >= 4 is 5.91 Å². The van der Waals surface area contributed by atoms with E-state index in [2.05, 4.69) is 10.1 Å².